The van der Waals surface area contributed by atoms with E-state index in [2.05, 4.69) is 10.3 Å². The molecule has 5 nitrogen and oxygen atoms in total. The smallest absolute Gasteiger partial charge is 0.254 e. The van der Waals surface area contributed by atoms with Crippen LogP contribution in [-0.2, 0) is 4.79 Å². The van der Waals surface area contributed by atoms with Crippen LogP contribution in [0.25, 0.3) is 0 Å². The zero-order valence-corrected chi connectivity index (χ0v) is 14.7. The summed E-state index contributed by atoms with van der Waals surface area (Å²) in [5.41, 5.74) is 1.32. The Labute approximate surface area is 153 Å². The summed E-state index contributed by atoms with van der Waals surface area (Å²) in [6, 6.07) is 12.6. The van der Waals surface area contributed by atoms with Gasteiger partial charge in [0.15, 0.2) is 0 Å². The number of benzene rings is 1. The summed E-state index contributed by atoms with van der Waals surface area (Å²) in [6.45, 7) is 0. The summed E-state index contributed by atoms with van der Waals surface area (Å²) >= 11 is 0. The molecule has 2 amide bonds. The van der Waals surface area contributed by atoms with Gasteiger partial charge in [0.05, 0.1) is 11.9 Å². The van der Waals surface area contributed by atoms with E-state index in [9.17, 15) is 9.59 Å². The summed E-state index contributed by atoms with van der Waals surface area (Å²) in [7, 11) is 0. The SMILES string of the molecule is O=C(Nc1cccnc1)C1CC2CCCCC2N1C(=O)c1ccccc1. The number of fused-ring (bicyclic) bond motifs is 1. The van der Waals surface area contributed by atoms with Crippen LogP contribution >= 0.6 is 0 Å². The van der Waals surface area contributed by atoms with Crippen LogP contribution in [0.5, 0.6) is 0 Å². The van der Waals surface area contributed by atoms with Gasteiger partial charge in [-0.1, -0.05) is 31.0 Å². The highest BCUT2D eigenvalue weighted by Gasteiger charge is 2.47. The fraction of sp³-hybridized carbons (Fsp3) is 0.381. The highest BCUT2D eigenvalue weighted by molar-refractivity contribution is 6.01. The van der Waals surface area contributed by atoms with Crippen molar-refractivity contribution in [1.82, 2.24) is 9.88 Å². The lowest BCUT2D eigenvalue weighted by atomic mass is 9.84. The Morgan fingerprint density at radius 2 is 1.85 bits per heavy atom. The number of likely N-dealkylation sites (tertiary alicyclic amines) is 1. The first kappa shape index (κ1) is 16.8. The molecule has 1 saturated carbocycles. The van der Waals surface area contributed by atoms with Gasteiger partial charge in [-0.25, -0.2) is 0 Å². The highest BCUT2D eigenvalue weighted by Crippen LogP contribution is 2.40. The van der Waals surface area contributed by atoms with Gasteiger partial charge in [0, 0.05) is 17.8 Å². The molecule has 2 fully saturated rings. The first-order chi connectivity index (χ1) is 12.7. The summed E-state index contributed by atoms with van der Waals surface area (Å²) in [5.74, 6) is 0.268. The van der Waals surface area contributed by atoms with Crippen LogP contribution in [0.3, 0.4) is 0 Å². The lowest BCUT2D eigenvalue weighted by Crippen LogP contribution is -2.47. The minimum Gasteiger partial charge on any atom is -0.323 e. The maximum atomic E-state index is 13.2. The van der Waals surface area contributed by atoms with Gasteiger partial charge in [0.2, 0.25) is 5.91 Å². The number of carbonyl (C=O) groups excluding carboxylic acids is 2. The molecular weight excluding hydrogens is 326 g/mol. The van der Waals surface area contributed by atoms with E-state index in [0.29, 0.717) is 17.2 Å². The van der Waals surface area contributed by atoms with Gasteiger partial charge in [-0.15, -0.1) is 0 Å². The first-order valence-corrected chi connectivity index (χ1v) is 9.32. The molecule has 1 N–H and O–H groups in total. The van der Waals surface area contributed by atoms with E-state index in [1.807, 2.05) is 41.3 Å². The van der Waals surface area contributed by atoms with Crippen molar-refractivity contribution in [2.24, 2.45) is 5.92 Å². The Hall–Kier alpha value is -2.69. The Kier molecular flexibility index (Phi) is 4.69. The molecular formula is C21H23N3O2. The molecule has 4 rings (SSSR count). The van der Waals surface area contributed by atoms with E-state index in [0.717, 1.165) is 25.7 Å². The summed E-state index contributed by atoms with van der Waals surface area (Å²) in [6.07, 6.45) is 8.44. The number of aromatic nitrogens is 1. The fourth-order valence-corrected chi connectivity index (χ4v) is 4.38. The number of hydrogen-bond donors (Lipinski definition) is 1. The van der Waals surface area contributed by atoms with Crippen LogP contribution in [0.2, 0.25) is 0 Å². The van der Waals surface area contributed by atoms with Gasteiger partial charge in [-0.05, 0) is 49.4 Å². The second-order valence-corrected chi connectivity index (χ2v) is 7.17. The average Bonchev–Trinajstić information content (AvgIpc) is 3.08. The minimum atomic E-state index is -0.420. The quantitative estimate of drug-likeness (QED) is 0.922. The maximum absolute atomic E-state index is 13.2. The van der Waals surface area contributed by atoms with E-state index in [-0.39, 0.29) is 17.9 Å². The molecule has 26 heavy (non-hydrogen) atoms. The van der Waals surface area contributed by atoms with Gasteiger partial charge in [0.1, 0.15) is 6.04 Å². The molecule has 3 unspecified atom stereocenters. The van der Waals surface area contributed by atoms with Gasteiger partial charge >= 0.3 is 0 Å². The predicted octanol–water partition coefficient (Wildman–Crippen LogP) is 3.49. The molecule has 134 valence electrons. The van der Waals surface area contributed by atoms with E-state index in [4.69, 9.17) is 0 Å². The number of carbonyl (C=O) groups is 2. The molecule has 3 atom stereocenters. The third-order valence-corrected chi connectivity index (χ3v) is 5.58. The first-order valence-electron chi connectivity index (χ1n) is 9.32. The number of amides is 2. The van der Waals surface area contributed by atoms with Crippen LogP contribution in [0.4, 0.5) is 5.69 Å². The van der Waals surface area contributed by atoms with Gasteiger partial charge < -0.3 is 10.2 Å². The predicted molar refractivity (Wildman–Crippen MR) is 99.6 cm³/mol. The van der Waals surface area contributed by atoms with E-state index in [1.54, 1.807) is 18.5 Å². The maximum Gasteiger partial charge on any atom is 0.254 e. The Bertz CT molecular complexity index is 778. The van der Waals surface area contributed by atoms with Gasteiger partial charge in [-0.2, -0.15) is 0 Å². The molecule has 0 radical (unpaired) electrons. The number of hydrogen-bond acceptors (Lipinski definition) is 3. The second kappa shape index (κ2) is 7.28. The zero-order valence-electron chi connectivity index (χ0n) is 14.7. The number of pyridine rings is 1. The fourth-order valence-electron chi connectivity index (χ4n) is 4.38. The largest absolute Gasteiger partial charge is 0.323 e. The molecule has 1 aromatic heterocycles. The molecule has 2 aromatic rings. The molecule has 2 heterocycles. The minimum absolute atomic E-state index is 0.0358. The average molecular weight is 349 g/mol. The Morgan fingerprint density at radius 1 is 1.04 bits per heavy atom. The van der Waals surface area contributed by atoms with Gasteiger partial charge in [0.25, 0.3) is 5.91 Å². The zero-order chi connectivity index (χ0) is 17.9. The third kappa shape index (κ3) is 3.21. The van der Waals surface area contributed by atoms with Crippen LogP contribution in [0, 0.1) is 5.92 Å². The van der Waals surface area contributed by atoms with E-state index < -0.39 is 6.04 Å². The van der Waals surface area contributed by atoms with Crippen LogP contribution in [-0.4, -0.2) is 33.8 Å². The topological polar surface area (TPSA) is 62.3 Å². The van der Waals surface area contributed by atoms with Crippen LogP contribution < -0.4 is 5.32 Å². The summed E-state index contributed by atoms with van der Waals surface area (Å²) in [5, 5.41) is 2.93. The second-order valence-electron chi connectivity index (χ2n) is 7.17. The van der Waals surface area contributed by atoms with Crippen LogP contribution in [0.15, 0.2) is 54.9 Å². The van der Waals surface area contributed by atoms with Gasteiger partial charge in [-0.3, -0.25) is 14.6 Å². The number of nitrogens with one attached hydrogen (secondary N) is 1. The Balaban J connectivity index is 1.60. The molecule has 2 aliphatic rings. The van der Waals surface area contributed by atoms with Crippen molar-refractivity contribution in [1.29, 1.82) is 0 Å². The molecule has 1 aromatic carbocycles. The number of rotatable bonds is 3. The van der Waals surface area contributed by atoms with Crippen molar-refractivity contribution < 1.29 is 9.59 Å². The summed E-state index contributed by atoms with van der Waals surface area (Å²) < 4.78 is 0. The van der Waals surface area contributed by atoms with Crippen molar-refractivity contribution in [2.45, 2.75) is 44.2 Å². The lowest BCUT2D eigenvalue weighted by Gasteiger charge is -2.33. The van der Waals surface area contributed by atoms with Crippen molar-refractivity contribution in [3.63, 3.8) is 0 Å². The third-order valence-electron chi connectivity index (χ3n) is 5.58. The monoisotopic (exact) mass is 349 g/mol. The lowest BCUT2D eigenvalue weighted by molar-refractivity contribution is -0.120. The standard InChI is InChI=1S/C21H23N3O2/c25-20(23-17-10-6-12-22-14-17)19-13-16-9-4-5-11-18(16)24(19)21(26)15-7-2-1-3-8-15/h1-3,6-8,10,12,14,16,18-19H,4-5,9,11,13H2,(H,23,25). The Morgan fingerprint density at radius 3 is 2.62 bits per heavy atom. The normalized spacial score (nSPS) is 24.8. The molecule has 0 bridgehead atoms. The molecule has 1 aliphatic carbocycles. The van der Waals surface area contributed by atoms with E-state index >= 15 is 0 Å². The summed E-state index contributed by atoms with van der Waals surface area (Å²) in [4.78, 5) is 32.1. The number of nitrogens with zero attached hydrogens (tertiary/aromatic N) is 2. The van der Waals surface area contributed by atoms with Crippen molar-refractivity contribution in [2.75, 3.05) is 5.32 Å². The van der Waals surface area contributed by atoms with Crippen molar-refractivity contribution in [3.05, 3.63) is 60.4 Å². The molecule has 1 aliphatic heterocycles. The highest BCUT2D eigenvalue weighted by atomic mass is 16.2. The van der Waals surface area contributed by atoms with E-state index in [1.165, 1.54) is 6.42 Å². The van der Waals surface area contributed by atoms with Crippen molar-refractivity contribution >= 4 is 17.5 Å². The van der Waals surface area contributed by atoms with Crippen LogP contribution in [0.1, 0.15) is 42.5 Å². The number of anilines is 1. The van der Waals surface area contributed by atoms with Crippen molar-refractivity contribution in [3.8, 4) is 0 Å². The molecule has 1 saturated heterocycles. The molecule has 5 heteroatoms. The molecule has 0 spiro atoms.